The lowest BCUT2D eigenvalue weighted by Gasteiger charge is -2.24. The van der Waals surface area contributed by atoms with Crippen LogP contribution >= 0.6 is 0 Å². The molecule has 0 aliphatic heterocycles. The minimum absolute atomic E-state index is 0.0717. The first-order chi connectivity index (χ1) is 17.9. The second-order valence-corrected chi connectivity index (χ2v) is 10.4. The van der Waals surface area contributed by atoms with Gasteiger partial charge in [-0.3, -0.25) is 9.59 Å². The Bertz CT molecular complexity index is 1050. The number of esters is 1. The maximum Gasteiger partial charge on any atom is 0.408 e. The Labute approximate surface area is 224 Å². The topological polar surface area (TPSA) is 123 Å². The number of benzene rings is 2. The third-order valence-electron chi connectivity index (χ3n) is 5.26. The first-order valence-corrected chi connectivity index (χ1v) is 12.7. The number of ether oxygens (including phenoxy) is 2. The Hall–Kier alpha value is -3.88. The smallest absolute Gasteiger partial charge is 0.408 e. The average molecular weight is 526 g/mol. The van der Waals surface area contributed by atoms with E-state index in [2.05, 4.69) is 16.0 Å². The number of nitrogens with one attached hydrogen (secondary N) is 3. The maximum atomic E-state index is 13.3. The molecule has 38 heavy (non-hydrogen) atoms. The zero-order valence-corrected chi connectivity index (χ0v) is 22.8. The molecule has 0 fully saturated rings. The lowest BCUT2D eigenvalue weighted by Crippen LogP contribution is -2.54. The molecule has 2 aromatic rings. The van der Waals surface area contributed by atoms with Gasteiger partial charge in [-0.2, -0.15) is 0 Å². The summed E-state index contributed by atoms with van der Waals surface area (Å²) in [6, 6.07) is 16.7. The second kappa shape index (κ2) is 14.8. The van der Waals surface area contributed by atoms with Gasteiger partial charge in [0.1, 0.15) is 30.8 Å². The van der Waals surface area contributed by atoms with Crippen molar-refractivity contribution in [1.29, 1.82) is 0 Å². The van der Waals surface area contributed by atoms with Crippen molar-refractivity contribution in [3.8, 4) is 0 Å². The molecule has 2 unspecified atom stereocenters. The monoisotopic (exact) mass is 525 g/mol. The molecule has 0 heterocycles. The van der Waals surface area contributed by atoms with Crippen LogP contribution in [0, 0.1) is 5.92 Å². The minimum Gasteiger partial charge on any atom is -0.459 e. The van der Waals surface area contributed by atoms with E-state index in [4.69, 9.17) is 9.47 Å². The van der Waals surface area contributed by atoms with E-state index in [0.29, 0.717) is 6.42 Å². The van der Waals surface area contributed by atoms with Crippen molar-refractivity contribution in [2.24, 2.45) is 5.92 Å². The van der Waals surface area contributed by atoms with Gasteiger partial charge in [-0.25, -0.2) is 9.59 Å². The highest BCUT2D eigenvalue weighted by molar-refractivity contribution is 5.92. The van der Waals surface area contributed by atoms with Crippen LogP contribution < -0.4 is 16.0 Å². The van der Waals surface area contributed by atoms with E-state index in [9.17, 15) is 19.2 Å². The van der Waals surface area contributed by atoms with Gasteiger partial charge >= 0.3 is 12.1 Å². The number of carbonyl (C=O) groups excluding carboxylic acids is 4. The van der Waals surface area contributed by atoms with Gasteiger partial charge in [0.2, 0.25) is 11.8 Å². The normalized spacial score (nSPS) is 12.7. The Balaban J connectivity index is 2.07. The van der Waals surface area contributed by atoms with E-state index in [1.54, 1.807) is 20.8 Å². The van der Waals surface area contributed by atoms with Crippen LogP contribution in [0.25, 0.3) is 0 Å². The molecule has 0 aliphatic rings. The highest BCUT2D eigenvalue weighted by atomic mass is 16.6. The molecule has 2 atom stereocenters. The first kappa shape index (κ1) is 30.3. The average Bonchev–Trinajstić information content (AvgIpc) is 2.85. The molecule has 0 aliphatic carbocycles. The van der Waals surface area contributed by atoms with Crippen molar-refractivity contribution in [3.63, 3.8) is 0 Å². The van der Waals surface area contributed by atoms with Gasteiger partial charge in [0.25, 0.3) is 0 Å². The zero-order chi connectivity index (χ0) is 28.1. The van der Waals surface area contributed by atoms with Crippen LogP contribution in [0.2, 0.25) is 0 Å². The van der Waals surface area contributed by atoms with Gasteiger partial charge in [-0.15, -0.1) is 0 Å². The third-order valence-corrected chi connectivity index (χ3v) is 5.26. The van der Waals surface area contributed by atoms with Gasteiger partial charge in [0.15, 0.2) is 0 Å². The van der Waals surface area contributed by atoms with E-state index < -0.39 is 41.6 Å². The predicted molar refractivity (Wildman–Crippen MR) is 144 cm³/mol. The number of rotatable bonds is 12. The van der Waals surface area contributed by atoms with Crippen LogP contribution in [0.15, 0.2) is 60.7 Å². The van der Waals surface area contributed by atoms with Crippen LogP contribution in [-0.4, -0.2) is 48.1 Å². The Morgan fingerprint density at radius 2 is 1.39 bits per heavy atom. The molecule has 9 heteroatoms. The summed E-state index contributed by atoms with van der Waals surface area (Å²) in [6.07, 6.45) is -0.175. The first-order valence-electron chi connectivity index (χ1n) is 12.7. The Kier molecular flexibility index (Phi) is 11.8. The van der Waals surface area contributed by atoms with E-state index in [1.165, 1.54) is 0 Å². The molecule has 2 rings (SSSR count). The van der Waals surface area contributed by atoms with Crippen molar-refractivity contribution in [3.05, 3.63) is 71.8 Å². The summed E-state index contributed by atoms with van der Waals surface area (Å²) in [5.74, 6) is -1.57. The molecule has 0 saturated carbocycles. The molecule has 0 spiro atoms. The van der Waals surface area contributed by atoms with E-state index in [1.807, 2.05) is 74.5 Å². The van der Waals surface area contributed by atoms with Crippen LogP contribution in [0.5, 0.6) is 0 Å². The quantitative estimate of drug-likeness (QED) is 0.365. The zero-order valence-electron chi connectivity index (χ0n) is 22.8. The van der Waals surface area contributed by atoms with Gasteiger partial charge in [0, 0.05) is 6.42 Å². The summed E-state index contributed by atoms with van der Waals surface area (Å²) in [6.45, 7) is 8.69. The summed E-state index contributed by atoms with van der Waals surface area (Å²) >= 11 is 0. The van der Waals surface area contributed by atoms with Gasteiger partial charge in [-0.05, 0) is 44.2 Å². The molecule has 2 aromatic carbocycles. The summed E-state index contributed by atoms with van der Waals surface area (Å²) in [4.78, 5) is 50.7. The lowest BCUT2D eigenvalue weighted by molar-refractivity contribution is -0.149. The van der Waals surface area contributed by atoms with Crippen LogP contribution in [0.4, 0.5) is 4.79 Å². The molecule has 206 valence electrons. The number of carbonyl (C=O) groups is 4. The van der Waals surface area contributed by atoms with E-state index >= 15 is 0 Å². The SMILES string of the molecule is CC(C)CC(NC(=O)CNC(=O)OC(C)(C)C)C(=O)NC(Cc1ccccc1)C(=O)OCc1ccccc1. The summed E-state index contributed by atoms with van der Waals surface area (Å²) in [5, 5.41) is 7.81. The Morgan fingerprint density at radius 1 is 0.816 bits per heavy atom. The predicted octanol–water partition coefficient (Wildman–Crippen LogP) is 3.51. The van der Waals surface area contributed by atoms with Crippen molar-refractivity contribution < 1.29 is 28.7 Å². The number of amides is 3. The molecular weight excluding hydrogens is 486 g/mol. The van der Waals surface area contributed by atoms with Crippen LogP contribution in [0.3, 0.4) is 0 Å². The minimum atomic E-state index is -0.958. The van der Waals surface area contributed by atoms with Crippen molar-refractivity contribution in [1.82, 2.24) is 16.0 Å². The van der Waals surface area contributed by atoms with Crippen LogP contribution in [-0.2, 0) is 36.9 Å². The number of alkyl carbamates (subject to hydrolysis) is 1. The van der Waals surface area contributed by atoms with Crippen molar-refractivity contribution >= 4 is 23.9 Å². The van der Waals surface area contributed by atoms with Gasteiger partial charge in [0.05, 0.1) is 0 Å². The summed E-state index contributed by atoms with van der Waals surface area (Å²) in [7, 11) is 0. The van der Waals surface area contributed by atoms with E-state index in [-0.39, 0.29) is 25.5 Å². The summed E-state index contributed by atoms with van der Waals surface area (Å²) < 4.78 is 10.6. The van der Waals surface area contributed by atoms with E-state index in [0.717, 1.165) is 11.1 Å². The molecule has 0 aromatic heterocycles. The standard InChI is InChI=1S/C29H39N3O6/c1-20(2)16-23(31-25(33)18-30-28(36)38-29(3,4)5)26(34)32-24(17-21-12-8-6-9-13-21)27(35)37-19-22-14-10-7-11-15-22/h6-15,20,23-24H,16-19H2,1-5H3,(H,30,36)(H,31,33)(H,32,34). The fourth-order valence-corrected chi connectivity index (χ4v) is 3.56. The van der Waals surface area contributed by atoms with Crippen molar-refractivity contribution in [2.45, 2.75) is 71.8 Å². The molecule has 0 radical (unpaired) electrons. The summed E-state index contributed by atoms with van der Waals surface area (Å²) in [5.41, 5.74) is 0.970. The molecule has 3 N–H and O–H groups in total. The molecule has 0 bridgehead atoms. The highest BCUT2D eigenvalue weighted by Crippen LogP contribution is 2.10. The number of hydrogen-bond donors (Lipinski definition) is 3. The molecule has 9 nitrogen and oxygen atoms in total. The van der Waals surface area contributed by atoms with Gasteiger partial charge in [-0.1, -0.05) is 74.5 Å². The second-order valence-electron chi connectivity index (χ2n) is 10.4. The highest BCUT2D eigenvalue weighted by Gasteiger charge is 2.29. The molecule has 0 saturated heterocycles. The van der Waals surface area contributed by atoms with Crippen molar-refractivity contribution in [2.75, 3.05) is 6.54 Å². The molecular formula is C29H39N3O6. The molecule has 3 amide bonds. The lowest BCUT2D eigenvalue weighted by atomic mass is 10.0. The van der Waals surface area contributed by atoms with Gasteiger partial charge < -0.3 is 25.4 Å². The Morgan fingerprint density at radius 3 is 1.95 bits per heavy atom. The maximum absolute atomic E-state index is 13.3. The number of hydrogen-bond acceptors (Lipinski definition) is 6. The fraction of sp³-hybridized carbons (Fsp3) is 0.448. The third kappa shape index (κ3) is 11.9. The fourth-order valence-electron chi connectivity index (χ4n) is 3.56. The van der Waals surface area contributed by atoms with Crippen LogP contribution in [0.1, 0.15) is 52.2 Å². The largest absolute Gasteiger partial charge is 0.459 e.